The molecule has 2 aliphatic heterocycles. The van der Waals surface area contributed by atoms with Gasteiger partial charge >= 0.3 is 0 Å². The minimum atomic E-state index is -0.702. The van der Waals surface area contributed by atoms with Crippen LogP contribution in [0.1, 0.15) is 39.5 Å². The fraction of sp³-hybridized carbons (Fsp3) is 0.923. The quantitative estimate of drug-likeness (QED) is 0.711. The number of likely N-dealkylation sites (tertiary alicyclic amines) is 1. The predicted molar refractivity (Wildman–Crippen MR) is 66.6 cm³/mol. The molecule has 1 amide bonds. The Hall–Kier alpha value is -0.610. The second-order valence-electron chi connectivity index (χ2n) is 6.17. The summed E-state index contributed by atoms with van der Waals surface area (Å²) in [6.45, 7) is 6.94. The molecule has 0 radical (unpaired) electrons. The van der Waals surface area contributed by atoms with Crippen molar-refractivity contribution < 1.29 is 9.90 Å². The normalized spacial score (nSPS) is 39.1. The van der Waals surface area contributed by atoms with E-state index in [-0.39, 0.29) is 11.3 Å². The third kappa shape index (κ3) is 2.80. The number of β-amino-alcohol motifs (C(OH)–C–C–N with tert-alkyl or cyclic N) is 1. The van der Waals surface area contributed by atoms with Crippen molar-refractivity contribution in [2.45, 2.75) is 45.1 Å². The lowest BCUT2D eigenvalue weighted by atomic mass is 9.80. The second kappa shape index (κ2) is 4.58. The Morgan fingerprint density at radius 2 is 2.06 bits per heavy atom. The van der Waals surface area contributed by atoms with E-state index in [0.29, 0.717) is 6.54 Å². The molecule has 17 heavy (non-hydrogen) atoms. The zero-order chi connectivity index (χ0) is 12.5. The molecule has 2 aliphatic rings. The summed E-state index contributed by atoms with van der Waals surface area (Å²) in [6.07, 6.45) is 3.72. The van der Waals surface area contributed by atoms with Gasteiger partial charge in [0.1, 0.15) is 0 Å². The van der Waals surface area contributed by atoms with Crippen LogP contribution in [0.3, 0.4) is 0 Å². The fourth-order valence-corrected chi connectivity index (χ4v) is 3.01. The van der Waals surface area contributed by atoms with Gasteiger partial charge in [0.15, 0.2) is 0 Å². The topological polar surface area (TPSA) is 52.6 Å². The first kappa shape index (κ1) is 12.8. The monoisotopic (exact) mass is 240 g/mol. The molecule has 0 saturated carbocycles. The average Bonchev–Trinajstić information content (AvgIpc) is 2.27. The Labute approximate surface area is 103 Å². The van der Waals surface area contributed by atoms with Gasteiger partial charge in [-0.2, -0.15) is 0 Å². The summed E-state index contributed by atoms with van der Waals surface area (Å²) < 4.78 is 0. The molecule has 4 nitrogen and oxygen atoms in total. The summed E-state index contributed by atoms with van der Waals surface area (Å²) in [5.41, 5.74) is -0.974. The number of piperidine rings is 2. The Morgan fingerprint density at radius 1 is 1.29 bits per heavy atom. The van der Waals surface area contributed by atoms with Crippen molar-refractivity contribution in [2.75, 3.05) is 26.2 Å². The van der Waals surface area contributed by atoms with E-state index in [1.165, 1.54) is 0 Å². The number of nitrogens with zero attached hydrogens (tertiary/aromatic N) is 1. The molecule has 0 aromatic rings. The van der Waals surface area contributed by atoms with Gasteiger partial charge in [-0.15, -0.1) is 0 Å². The van der Waals surface area contributed by atoms with Gasteiger partial charge in [-0.1, -0.05) is 0 Å². The number of rotatable bonds is 1. The minimum absolute atomic E-state index is 0.213. The van der Waals surface area contributed by atoms with Crippen molar-refractivity contribution in [3.8, 4) is 0 Å². The maximum absolute atomic E-state index is 12.5. The van der Waals surface area contributed by atoms with Gasteiger partial charge in [-0.05, 0) is 46.1 Å². The predicted octanol–water partition coefficient (Wildman–Crippen LogP) is 0.749. The Kier molecular flexibility index (Phi) is 3.46. The number of hydrogen-bond acceptors (Lipinski definition) is 3. The molecule has 2 heterocycles. The molecule has 2 unspecified atom stereocenters. The van der Waals surface area contributed by atoms with E-state index in [2.05, 4.69) is 5.32 Å². The maximum atomic E-state index is 12.5. The minimum Gasteiger partial charge on any atom is -0.388 e. The highest BCUT2D eigenvalue weighted by Gasteiger charge is 2.40. The van der Waals surface area contributed by atoms with Crippen LogP contribution >= 0.6 is 0 Å². The molecule has 2 rings (SSSR count). The SMILES string of the molecule is CC1(O)CCCN(C(=O)C2(C)CCCNC2)C1. The third-order valence-corrected chi connectivity index (χ3v) is 4.08. The highest BCUT2D eigenvalue weighted by molar-refractivity contribution is 5.83. The van der Waals surface area contributed by atoms with Gasteiger partial charge in [0.25, 0.3) is 0 Å². The smallest absolute Gasteiger partial charge is 0.229 e. The number of aliphatic hydroxyl groups is 1. The lowest BCUT2D eigenvalue weighted by Gasteiger charge is -2.42. The van der Waals surface area contributed by atoms with Crippen molar-refractivity contribution in [3.05, 3.63) is 0 Å². The first-order chi connectivity index (χ1) is 7.93. The van der Waals surface area contributed by atoms with E-state index in [0.717, 1.165) is 45.3 Å². The van der Waals surface area contributed by atoms with Crippen molar-refractivity contribution in [1.29, 1.82) is 0 Å². The van der Waals surface area contributed by atoms with Gasteiger partial charge < -0.3 is 15.3 Å². The van der Waals surface area contributed by atoms with Crippen LogP contribution in [-0.2, 0) is 4.79 Å². The average molecular weight is 240 g/mol. The van der Waals surface area contributed by atoms with Crippen LogP contribution in [0.15, 0.2) is 0 Å². The van der Waals surface area contributed by atoms with Crippen LogP contribution in [0, 0.1) is 5.41 Å². The molecule has 98 valence electrons. The molecule has 2 N–H and O–H groups in total. The zero-order valence-electron chi connectivity index (χ0n) is 11.0. The Morgan fingerprint density at radius 3 is 2.65 bits per heavy atom. The van der Waals surface area contributed by atoms with Crippen LogP contribution in [0.25, 0.3) is 0 Å². The summed E-state index contributed by atoms with van der Waals surface area (Å²) in [4.78, 5) is 14.4. The largest absolute Gasteiger partial charge is 0.388 e. The van der Waals surface area contributed by atoms with E-state index < -0.39 is 5.60 Å². The number of carbonyl (C=O) groups is 1. The molecular weight excluding hydrogens is 216 g/mol. The van der Waals surface area contributed by atoms with Gasteiger partial charge in [-0.25, -0.2) is 0 Å². The third-order valence-electron chi connectivity index (χ3n) is 4.08. The molecule has 0 aliphatic carbocycles. The van der Waals surface area contributed by atoms with Gasteiger partial charge in [0.2, 0.25) is 5.91 Å². The van der Waals surface area contributed by atoms with Crippen molar-refractivity contribution in [1.82, 2.24) is 10.2 Å². The maximum Gasteiger partial charge on any atom is 0.229 e. The number of carbonyl (C=O) groups excluding carboxylic acids is 1. The van der Waals surface area contributed by atoms with Gasteiger partial charge in [0, 0.05) is 19.6 Å². The number of hydrogen-bond donors (Lipinski definition) is 2. The Bertz CT molecular complexity index is 296. The van der Waals surface area contributed by atoms with Crippen molar-refractivity contribution in [2.24, 2.45) is 5.41 Å². The first-order valence-electron chi connectivity index (χ1n) is 6.66. The molecule has 0 aromatic carbocycles. The van der Waals surface area contributed by atoms with Crippen molar-refractivity contribution >= 4 is 5.91 Å². The van der Waals surface area contributed by atoms with E-state index in [9.17, 15) is 9.90 Å². The van der Waals surface area contributed by atoms with Crippen LogP contribution in [-0.4, -0.2) is 47.7 Å². The van der Waals surface area contributed by atoms with Crippen LogP contribution < -0.4 is 5.32 Å². The summed E-state index contributed by atoms with van der Waals surface area (Å²) in [5, 5.41) is 13.4. The number of amides is 1. The Balaban J connectivity index is 2.03. The molecule has 2 saturated heterocycles. The molecule has 2 fully saturated rings. The molecule has 0 spiro atoms. The second-order valence-corrected chi connectivity index (χ2v) is 6.17. The van der Waals surface area contributed by atoms with E-state index in [4.69, 9.17) is 0 Å². The fourth-order valence-electron chi connectivity index (χ4n) is 3.01. The van der Waals surface area contributed by atoms with Crippen LogP contribution in [0.5, 0.6) is 0 Å². The first-order valence-corrected chi connectivity index (χ1v) is 6.66. The summed E-state index contributed by atoms with van der Waals surface area (Å²) in [5.74, 6) is 0.213. The van der Waals surface area contributed by atoms with E-state index >= 15 is 0 Å². The van der Waals surface area contributed by atoms with Gasteiger partial charge in [0.05, 0.1) is 11.0 Å². The van der Waals surface area contributed by atoms with Crippen LogP contribution in [0.4, 0.5) is 0 Å². The summed E-state index contributed by atoms with van der Waals surface area (Å²) in [7, 11) is 0. The summed E-state index contributed by atoms with van der Waals surface area (Å²) >= 11 is 0. The van der Waals surface area contributed by atoms with Crippen molar-refractivity contribution in [3.63, 3.8) is 0 Å². The standard InChI is InChI=1S/C13H24N2O2/c1-12(5-3-7-14-9-12)11(16)15-8-4-6-13(2,17)10-15/h14,17H,3-10H2,1-2H3. The molecule has 2 atom stereocenters. The van der Waals surface area contributed by atoms with Crippen LogP contribution in [0.2, 0.25) is 0 Å². The molecule has 0 aromatic heterocycles. The summed E-state index contributed by atoms with van der Waals surface area (Å²) in [6, 6.07) is 0. The lowest BCUT2D eigenvalue weighted by molar-refractivity contribution is -0.148. The zero-order valence-corrected chi connectivity index (χ0v) is 11.0. The lowest BCUT2D eigenvalue weighted by Crippen LogP contribution is -2.55. The van der Waals surface area contributed by atoms with Gasteiger partial charge in [-0.3, -0.25) is 4.79 Å². The number of nitrogens with one attached hydrogen (secondary N) is 1. The molecule has 4 heteroatoms. The van der Waals surface area contributed by atoms with E-state index in [1.54, 1.807) is 0 Å². The van der Waals surface area contributed by atoms with E-state index in [1.807, 2.05) is 18.7 Å². The molecule has 0 bridgehead atoms. The molecular formula is C13H24N2O2. The highest BCUT2D eigenvalue weighted by atomic mass is 16.3. The highest BCUT2D eigenvalue weighted by Crippen LogP contribution is 2.30.